The Morgan fingerprint density at radius 2 is 1.72 bits per heavy atom. The first-order valence-electron chi connectivity index (χ1n) is 9.97. The van der Waals surface area contributed by atoms with Crippen LogP contribution < -0.4 is 14.9 Å². The minimum Gasteiger partial charge on any atom is -0.497 e. The molecule has 0 bridgehead atoms. The largest absolute Gasteiger partial charge is 0.497 e. The molecular weight excluding hydrogens is 409 g/mol. The Bertz CT molecular complexity index is 1270. The topological polar surface area (TPSA) is 64.8 Å². The molecule has 0 atom stereocenters. The van der Waals surface area contributed by atoms with Crippen molar-refractivity contribution in [2.75, 3.05) is 14.2 Å². The molecule has 0 radical (unpaired) electrons. The average Bonchev–Trinajstić information content (AvgIpc) is 3.17. The fourth-order valence-corrected chi connectivity index (χ4v) is 3.48. The van der Waals surface area contributed by atoms with Crippen molar-refractivity contribution >= 4 is 23.0 Å². The molecule has 162 valence electrons. The molecule has 0 aliphatic heterocycles. The first-order chi connectivity index (χ1) is 15.6. The smallest absolute Gasteiger partial charge is 0.271 e. The van der Waals surface area contributed by atoms with Crippen molar-refractivity contribution in [2.45, 2.75) is 6.54 Å². The van der Waals surface area contributed by atoms with Crippen LogP contribution in [0.1, 0.15) is 21.5 Å². The number of methoxy groups -OCH3 is 2. The maximum atomic E-state index is 14.1. The second-order valence-corrected chi connectivity index (χ2v) is 7.12. The molecule has 0 spiro atoms. The van der Waals surface area contributed by atoms with E-state index >= 15 is 0 Å². The number of carbonyl (C=O) groups is 1. The number of hydrazone groups is 1. The Labute approximate surface area is 184 Å². The van der Waals surface area contributed by atoms with Gasteiger partial charge in [0.15, 0.2) is 0 Å². The Hall–Kier alpha value is -4.13. The number of para-hydroxylation sites is 1. The van der Waals surface area contributed by atoms with E-state index in [1.54, 1.807) is 36.5 Å². The van der Waals surface area contributed by atoms with E-state index < -0.39 is 5.91 Å². The lowest BCUT2D eigenvalue weighted by molar-refractivity contribution is 0.0954. The number of aromatic nitrogens is 1. The van der Waals surface area contributed by atoms with Gasteiger partial charge in [0, 0.05) is 39.9 Å². The lowest BCUT2D eigenvalue weighted by atomic mass is 10.2. The van der Waals surface area contributed by atoms with Gasteiger partial charge in [0.05, 0.1) is 27.0 Å². The summed E-state index contributed by atoms with van der Waals surface area (Å²) in [6.07, 6.45) is 3.47. The van der Waals surface area contributed by atoms with E-state index in [9.17, 15) is 9.18 Å². The summed E-state index contributed by atoms with van der Waals surface area (Å²) in [6.45, 7) is 0.386. The van der Waals surface area contributed by atoms with Crippen LogP contribution in [0, 0.1) is 5.82 Å². The third-order valence-corrected chi connectivity index (χ3v) is 5.10. The zero-order chi connectivity index (χ0) is 22.5. The van der Waals surface area contributed by atoms with Crippen LogP contribution in [-0.2, 0) is 6.54 Å². The van der Waals surface area contributed by atoms with Crippen molar-refractivity contribution in [3.8, 4) is 11.5 Å². The molecule has 0 unspecified atom stereocenters. The van der Waals surface area contributed by atoms with E-state index in [1.165, 1.54) is 20.3 Å². The van der Waals surface area contributed by atoms with Crippen LogP contribution >= 0.6 is 0 Å². The van der Waals surface area contributed by atoms with Crippen molar-refractivity contribution in [3.63, 3.8) is 0 Å². The molecule has 0 fully saturated rings. The maximum absolute atomic E-state index is 14.1. The summed E-state index contributed by atoms with van der Waals surface area (Å²) in [5, 5.41) is 5.07. The number of fused-ring (bicyclic) bond motifs is 1. The van der Waals surface area contributed by atoms with Gasteiger partial charge in [0.2, 0.25) is 0 Å². The molecule has 1 aromatic heterocycles. The number of halogens is 1. The van der Waals surface area contributed by atoms with Gasteiger partial charge in [-0.1, -0.05) is 36.4 Å². The molecule has 3 aromatic carbocycles. The molecule has 1 heterocycles. The van der Waals surface area contributed by atoms with Gasteiger partial charge in [0.1, 0.15) is 17.3 Å². The SMILES string of the molecule is COc1cc(OC)cc(C(=O)N/N=C\c2cn(Cc3ccccc3F)c3ccccc23)c1. The molecule has 1 amide bonds. The minimum atomic E-state index is -0.395. The van der Waals surface area contributed by atoms with E-state index in [0.717, 1.165) is 16.5 Å². The molecule has 4 aromatic rings. The molecular formula is C25H22FN3O3. The first-order valence-corrected chi connectivity index (χ1v) is 9.97. The number of nitrogens with zero attached hydrogens (tertiary/aromatic N) is 2. The van der Waals surface area contributed by atoms with E-state index in [1.807, 2.05) is 41.1 Å². The fraction of sp³-hybridized carbons (Fsp3) is 0.120. The van der Waals surface area contributed by atoms with Crippen molar-refractivity contribution in [1.29, 1.82) is 0 Å². The van der Waals surface area contributed by atoms with Crippen molar-refractivity contribution in [3.05, 3.63) is 95.4 Å². The molecule has 4 rings (SSSR count). The van der Waals surface area contributed by atoms with Gasteiger partial charge in [0.25, 0.3) is 5.91 Å². The summed E-state index contributed by atoms with van der Waals surface area (Å²) in [5.41, 5.74) is 5.24. The third kappa shape index (κ3) is 4.46. The normalized spacial score (nSPS) is 11.1. The van der Waals surface area contributed by atoms with Gasteiger partial charge >= 0.3 is 0 Å². The van der Waals surface area contributed by atoms with Crippen LogP contribution in [0.25, 0.3) is 10.9 Å². The Morgan fingerprint density at radius 3 is 2.44 bits per heavy atom. The molecule has 0 saturated carbocycles. The Morgan fingerprint density at radius 1 is 1.03 bits per heavy atom. The van der Waals surface area contributed by atoms with E-state index in [4.69, 9.17) is 9.47 Å². The molecule has 1 N–H and O–H groups in total. The van der Waals surface area contributed by atoms with Crippen LogP contribution in [0.2, 0.25) is 0 Å². The van der Waals surface area contributed by atoms with E-state index in [-0.39, 0.29) is 5.82 Å². The summed E-state index contributed by atoms with van der Waals surface area (Å²) >= 11 is 0. The Balaban J connectivity index is 1.57. The fourth-order valence-electron chi connectivity index (χ4n) is 3.48. The Kier molecular flexibility index (Phi) is 6.17. The van der Waals surface area contributed by atoms with Crippen LogP contribution in [0.15, 0.2) is 78.0 Å². The zero-order valence-corrected chi connectivity index (χ0v) is 17.7. The van der Waals surface area contributed by atoms with Gasteiger partial charge < -0.3 is 14.0 Å². The van der Waals surface area contributed by atoms with E-state index in [0.29, 0.717) is 29.2 Å². The van der Waals surface area contributed by atoms with Gasteiger partial charge in [-0.05, 0) is 24.3 Å². The minimum absolute atomic E-state index is 0.249. The van der Waals surface area contributed by atoms with Gasteiger partial charge in [-0.15, -0.1) is 0 Å². The van der Waals surface area contributed by atoms with Gasteiger partial charge in [-0.3, -0.25) is 4.79 Å². The highest BCUT2D eigenvalue weighted by atomic mass is 19.1. The molecule has 0 aliphatic carbocycles. The summed E-state index contributed by atoms with van der Waals surface area (Å²) < 4.78 is 26.5. The summed E-state index contributed by atoms with van der Waals surface area (Å²) in [5.74, 6) is 0.374. The van der Waals surface area contributed by atoms with Crippen LogP contribution in [0.3, 0.4) is 0 Å². The van der Waals surface area contributed by atoms with E-state index in [2.05, 4.69) is 10.5 Å². The van der Waals surface area contributed by atoms with Crippen molar-refractivity contribution in [1.82, 2.24) is 9.99 Å². The third-order valence-electron chi connectivity index (χ3n) is 5.10. The highest BCUT2D eigenvalue weighted by Crippen LogP contribution is 2.23. The van der Waals surface area contributed by atoms with Crippen LogP contribution in [0.4, 0.5) is 4.39 Å². The van der Waals surface area contributed by atoms with Crippen molar-refractivity contribution in [2.24, 2.45) is 5.10 Å². The predicted octanol–water partition coefficient (Wildman–Crippen LogP) is 4.61. The second kappa shape index (κ2) is 9.34. The lowest BCUT2D eigenvalue weighted by Gasteiger charge is -2.07. The second-order valence-electron chi connectivity index (χ2n) is 7.12. The quantitative estimate of drug-likeness (QED) is 0.343. The molecule has 7 heteroatoms. The van der Waals surface area contributed by atoms with Crippen LogP contribution in [0.5, 0.6) is 11.5 Å². The number of ether oxygens (including phenoxy) is 2. The number of benzene rings is 3. The number of amides is 1. The maximum Gasteiger partial charge on any atom is 0.271 e. The summed E-state index contributed by atoms with van der Waals surface area (Å²) in [7, 11) is 3.04. The molecule has 0 aliphatic rings. The standard InChI is InChI=1S/C25H22FN3O3/c1-31-20-11-18(12-21(13-20)32-2)25(30)28-27-14-19-16-29(24-10-6-4-8-22(19)24)15-17-7-3-5-9-23(17)26/h3-14,16H,15H2,1-2H3,(H,28,30)/b27-14-. The average molecular weight is 431 g/mol. The zero-order valence-electron chi connectivity index (χ0n) is 17.7. The highest BCUT2D eigenvalue weighted by Gasteiger charge is 2.11. The number of hydrogen-bond donors (Lipinski definition) is 1. The van der Waals surface area contributed by atoms with Crippen LogP contribution in [-0.4, -0.2) is 30.9 Å². The highest BCUT2D eigenvalue weighted by molar-refractivity contribution is 6.00. The van der Waals surface area contributed by atoms with Gasteiger partial charge in [-0.2, -0.15) is 5.10 Å². The summed E-state index contributed by atoms with van der Waals surface area (Å²) in [4.78, 5) is 12.5. The monoisotopic (exact) mass is 431 g/mol. The number of rotatable bonds is 7. The number of carbonyl (C=O) groups excluding carboxylic acids is 1. The molecule has 6 nitrogen and oxygen atoms in total. The number of hydrogen-bond acceptors (Lipinski definition) is 4. The van der Waals surface area contributed by atoms with Crippen molar-refractivity contribution < 1.29 is 18.7 Å². The predicted molar refractivity (Wildman–Crippen MR) is 122 cm³/mol. The number of nitrogens with one attached hydrogen (secondary N) is 1. The first kappa shape index (κ1) is 21.1. The lowest BCUT2D eigenvalue weighted by Crippen LogP contribution is -2.17. The summed E-state index contributed by atoms with van der Waals surface area (Å²) in [6, 6.07) is 19.4. The van der Waals surface area contributed by atoms with Gasteiger partial charge in [-0.25, -0.2) is 9.82 Å². The molecule has 0 saturated heterocycles. The molecule has 32 heavy (non-hydrogen) atoms.